The number of benzene rings is 1. The number of rotatable bonds is 3. The highest BCUT2D eigenvalue weighted by atomic mass is 16.2. The van der Waals surface area contributed by atoms with Crippen LogP contribution in [0.2, 0.25) is 0 Å². The lowest BCUT2D eigenvalue weighted by atomic mass is 10.3. The predicted octanol–water partition coefficient (Wildman–Crippen LogP) is 1.91. The minimum Gasteiger partial charge on any atom is -0.273 e. The summed E-state index contributed by atoms with van der Waals surface area (Å²) in [5.41, 5.74) is 4.58. The summed E-state index contributed by atoms with van der Waals surface area (Å²) in [7, 11) is 0. The molecule has 1 amide bonds. The second kappa shape index (κ2) is 4.13. The van der Waals surface area contributed by atoms with Crippen LogP contribution >= 0.6 is 0 Å². The van der Waals surface area contributed by atoms with E-state index in [0.29, 0.717) is 6.42 Å². The standard InChI is InChI=1S/C11H13N3O/c1-2-5-11(15)13-14-8-12-9-6-3-4-7-10(9)14/h3-4,6-8H,2,5H2,1H3,(H,13,15). The fraction of sp³-hybridized carbons (Fsp3) is 0.273. The van der Waals surface area contributed by atoms with E-state index in [2.05, 4.69) is 10.4 Å². The second-order valence-electron chi connectivity index (χ2n) is 3.39. The van der Waals surface area contributed by atoms with E-state index >= 15 is 0 Å². The van der Waals surface area contributed by atoms with E-state index in [1.165, 1.54) is 0 Å². The average molecular weight is 203 g/mol. The van der Waals surface area contributed by atoms with Crippen LogP contribution in [0.15, 0.2) is 30.6 Å². The number of carbonyl (C=O) groups is 1. The lowest BCUT2D eigenvalue weighted by molar-refractivity contribution is -0.117. The summed E-state index contributed by atoms with van der Waals surface area (Å²) >= 11 is 0. The normalized spacial score (nSPS) is 10.5. The number of para-hydroxylation sites is 2. The zero-order valence-corrected chi connectivity index (χ0v) is 8.60. The summed E-state index contributed by atoms with van der Waals surface area (Å²) in [5, 5.41) is 0. The molecule has 0 aliphatic rings. The third-order valence-corrected chi connectivity index (χ3v) is 2.18. The first-order valence-electron chi connectivity index (χ1n) is 5.03. The van der Waals surface area contributed by atoms with Gasteiger partial charge in [0.25, 0.3) is 0 Å². The van der Waals surface area contributed by atoms with Crippen molar-refractivity contribution in [2.24, 2.45) is 0 Å². The number of nitrogens with zero attached hydrogens (tertiary/aromatic N) is 2. The molecule has 0 fully saturated rings. The molecule has 0 unspecified atom stereocenters. The first kappa shape index (κ1) is 9.71. The topological polar surface area (TPSA) is 46.9 Å². The van der Waals surface area contributed by atoms with Gasteiger partial charge in [-0.15, -0.1) is 0 Å². The first-order valence-corrected chi connectivity index (χ1v) is 5.03. The van der Waals surface area contributed by atoms with Crippen LogP contribution < -0.4 is 5.43 Å². The number of aromatic nitrogens is 2. The third kappa shape index (κ3) is 1.98. The van der Waals surface area contributed by atoms with Crippen LogP contribution in [0.5, 0.6) is 0 Å². The Labute approximate surface area is 87.9 Å². The molecule has 4 nitrogen and oxygen atoms in total. The van der Waals surface area contributed by atoms with Crippen LogP contribution in [0.1, 0.15) is 19.8 Å². The Bertz CT molecular complexity index is 475. The Hall–Kier alpha value is -1.84. The van der Waals surface area contributed by atoms with Gasteiger partial charge in [0.15, 0.2) is 0 Å². The lowest BCUT2D eigenvalue weighted by Crippen LogP contribution is -2.21. The smallest absolute Gasteiger partial charge is 0.238 e. The van der Waals surface area contributed by atoms with Crippen LogP contribution in [0.4, 0.5) is 0 Å². The van der Waals surface area contributed by atoms with Crippen molar-refractivity contribution >= 4 is 16.9 Å². The van der Waals surface area contributed by atoms with Gasteiger partial charge < -0.3 is 0 Å². The van der Waals surface area contributed by atoms with Gasteiger partial charge in [0, 0.05) is 6.42 Å². The minimum atomic E-state index is 0.0145. The third-order valence-electron chi connectivity index (χ3n) is 2.18. The molecular weight excluding hydrogens is 190 g/mol. The highest BCUT2D eigenvalue weighted by Gasteiger charge is 2.03. The van der Waals surface area contributed by atoms with Gasteiger partial charge >= 0.3 is 0 Å². The van der Waals surface area contributed by atoms with Crippen molar-refractivity contribution in [3.05, 3.63) is 30.6 Å². The Balaban J connectivity index is 2.25. The van der Waals surface area contributed by atoms with Gasteiger partial charge in [0.05, 0.1) is 11.0 Å². The van der Waals surface area contributed by atoms with Gasteiger partial charge in [-0.3, -0.25) is 10.2 Å². The number of carbonyl (C=O) groups excluding carboxylic acids is 1. The molecule has 78 valence electrons. The predicted molar refractivity (Wildman–Crippen MR) is 59.0 cm³/mol. The fourth-order valence-corrected chi connectivity index (χ4v) is 1.47. The van der Waals surface area contributed by atoms with E-state index in [1.54, 1.807) is 11.0 Å². The Morgan fingerprint density at radius 3 is 3.07 bits per heavy atom. The maximum Gasteiger partial charge on any atom is 0.238 e. The van der Waals surface area contributed by atoms with Crippen LogP contribution in [-0.2, 0) is 4.79 Å². The number of hydrogen-bond acceptors (Lipinski definition) is 2. The van der Waals surface area contributed by atoms with Crippen LogP contribution in [0.3, 0.4) is 0 Å². The highest BCUT2D eigenvalue weighted by molar-refractivity contribution is 5.86. The monoisotopic (exact) mass is 203 g/mol. The van der Waals surface area contributed by atoms with E-state index < -0.39 is 0 Å². The van der Waals surface area contributed by atoms with Crippen LogP contribution in [-0.4, -0.2) is 15.6 Å². The fourth-order valence-electron chi connectivity index (χ4n) is 1.47. The molecule has 1 heterocycles. The summed E-state index contributed by atoms with van der Waals surface area (Å²) < 4.78 is 1.66. The van der Waals surface area contributed by atoms with E-state index in [-0.39, 0.29) is 5.91 Å². The molecule has 1 aromatic heterocycles. The van der Waals surface area contributed by atoms with Gasteiger partial charge in [0.2, 0.25) is 5.91 Å². The Kier molecular flexibility index (Phi) is 2.67. The highest BCUT2D eigenvalue weighted by Crippen LogP contribution is 2.09. The largest absolute Gasteiger partial charge is 0.273 e. The molecule has 15 heavy (non-hydrogen) atoms. The summed E-state index contributed by atoms with van der Waals surface area (Å²) in [6.45, 7) is 1.98. The van der Waals surface area contributed by atoms with Gasteiger partial charge in [-0.05, 0) is 18.6 Å². The molecule has 2 rings (SSSR count). The minimum absolute atomic E-state index is 0.0145. The van der Waals surface area contributed by atoms with Crippen molar-refractivity contribution < 1.29 is 4.79 Å². The molecule has 0 spiro atoms. The zero-order valence-electron chi connectivity index (χ0n) is 8.60. The Morgan fingerprint density at radius 1 is 1.47 bits per heavy atom. The molecular formula is C11H13N3O. The maximum atomic E-state index is 11.4. The van der Waals surface area contributed by atoms with Gasteiger partial charge in [0.1, 0.15) is 6.33 Å². The molecule has 0 aliphatic carbocycles. The van der Waals surface area contributed by atoms with E-state index in [1.807, 2.05) is 31.2 Å². The summed E-state index contributed by atoms with van der Waals surface area (Å²) in [6, 6.07) is 7.69. The van der Waals surface area contributed by atoms with Crippen molar-refractivity contribution in [2.75, 3.05) is 5.43 Å². The molecule has 0 saturated carbocycles. The van der Waals surface area contributed by atoms with E-state index in [0.717, 1.165) is 17.5 Å². The van der Waals surface area contributed by atoms with Crippen molar-refractivity contribution in [1.82, 2.24) is 9.66 Å². The number of hydrogen-bond donors (Lipinski definition) is 1. The Morgan fingerprint density at radius 2 is 2.27 bits per heavy atom. The second-order valence-corrected chi connectivity index (χ2v) is 3.39. The maximum absolute atomic E-state index is 11.4. The molecule has 4 heteroatoms. The number of imidazole rings is 1. The molecule has 1 aromatic carbocycles. The van der Waals surface area contributed by atoms with Crippen molar-refractivity contribution in [2.45, 2.75) is 19.8 Å². The number of nitrogens with one attached hydrogen (secondary N) is 1. The average Bonchev–Trinajstić information content (AvgIpc) is 2.62. The van der Waals surface area contributed by atoms with Crippen LogP contribution in [0.25, 0.3) is 11.0 Å². The summed E-state index contributed by atoms with van der Waals surface area (Å²) in [4.78, 5) is 15.6. The van der Waals surface area contributed by atoms with E-state index in [9.17, 15) is 4.79 Å². The quantitative estimate of drug-likeness (QED) is 0.828. The molecule has 1 N–H and O–H groups in total. The summed E-state index contributed by atoms with van der Waals surface area (Å²) in [6.07, 6.45) is 3.00. The van der Waals surface area contributed by atoms with Gasteiger partial charge in [-0.1, -0.05) is 19.1 Å². The van der Waals surface area contributed by atoms with Crippen LogP contribution in [0, 0.1) is 0 Å². The molecule has 0 aliphatic heterocycles. The van der Waals surface area contributed by atoms with Crippen molar-refractivity contribution in [1.29, 1.82) is 0 Å². The van der Waals surface area contributed by atoms with Crippen molar-refractivity contribution in [3.8, 4) is 0 Å². The number of amides is 1. The first-order chi connectivity index (χ1) is 7.31. The molecule has 0 saturated heterocycles. The summed E-state index contributed by atoms with van der Waals surface area (Å²) in [5.74, 6) is 0.0145. The van der Waals surface area contributed by atoms with E-state index in [4.69, 9.17) is 0 Å². The number of fused-ring (bicyclic) bond motifs is 1. The SMILES string of the molecule is CCCC(=O)Nn1cnc2ccccc21. The zero-order chi connectivity index (χ0) is 10.7. The van der Waals surface area contributed by atoms with Gasteiger partial charge in [-0.2, -0.15) is 0 Å². The molecule has 0 atom stereocenters. The van der Waals surface area contributed by atoms with Gasteiger partial charge in [-0.25, -0.2) is 9.66 Å². The lowest BCUT2D eigenvalue weighted by Gasteiger charge is -2.05. The molecule has 2 aromatic rings. The molecule has 0 bridgehead atoms. The van der Waals surface area contributed by atoms with Crippen molar-refractivity contribution in [3.63, 3.8) is 0 Å². The molecule has 0 radical (unpaired) electrons.